The normalized spacial score (nSPS) is 12.5. The van der Waals surface area contributed by atoms with Crippen LogP contribution < -0.4 is 5.73 Å². The van der Waals surface area contributed by atoms with Crippen LogP contribution in [0.2, 0.25) is 0 Å². The molecule has 0 amide bonds. The van der Waals surface area contributed by atoms with Gasteiger partial charge < -0.3 is 5.73 Å². The molecule has 2 aromatic carbocycles. The molecule has 2 heteroatoms. The highest BCUT2D eigenvalue weighted by molar-refractivity contribution is 14.1. The van der Waals surface area contributed by atoms with E-state index in [1.165, 1.54) is 31.4 Å². The third-order valence-electron chi connectivity index (χ3n) is 3.48. The molecule has 0 aliphatic heterocycles. The molecule has 19 heavy (non-hydrogen) atoms. The molecule has 0 saturated heterocycles. The minimum atomic E-state index is 0.0701. The molecule has 0 aliphatic rings. The molecule has 2 rings (SSSR count). The molecule has 0 fully saturated rings. The van der Waals surface area contributed by atoms with Crippen molar-refractivity contribution < 1.29 is 0 Å². The number of rotatable bonds is 3. The minimum Gasteiger partial charge on any atom is -0.324 e. The summed E-state index contributed by atoms with van der Waals surface area (Å²) in [5.41, 5.74) is 12.9. The van der Waals surface area contributed by atoms with Crippen molar-refractivity contribution >= 4 is 22.6 Å². The van der Waals surface area contributed by atoms with Crippen molar-refractivity contribution in [2.45, 2.75) is 33.2 Å². The Kier molecular flexibility index (Phi) is 4.63. The van der Waals surface area contributed by atoms with Crippen LogP contribution in [0.1, 0.15) is 33.9 Å². The first kappa shape index (κ1) is 14.5. The Hall–Kier alpha value is -0.870. The molecule has 1 nitrogen and oxygen atoms in total. The van der Waals surface area contributed by atoms with Crippen LogP contribution in [-0.4, -0.2) is 0 Å². The predicted octanol–water partition coefficient (Wildman–Crippen LogP) is 4.46. The van der Waals surface area contributed by atoms with E-state index in [0.717, 1.165) is 6.42 Å². The molecule has 0 radical (unpaired) electrons. The van der Waals surface area contributed by atoms with Crippen LogP contribution in [0.5, 0.6) is 0 Å². The van der Waals surface area contributed by atoms with Crippen LogP contribution in [0.3, 0.4) is 0 Å². The standard InChI is InChI=1S/C17H20IN/c1-11-8-12(2)17(13(3)9-11)16(19)10-14-4-6-15(18)7-5-14/h4-9,16H,10,19H2,1-3H3. The Morgan fingerprint density at radius 1 is 1.00 bits per heavy atom. The van der Waals surface area contributed by atoms with Crippen LogP contribution in [0.25, 0.3) is 0 Å². The summed E-state index contributed by atoms with van der Waals surface area (Å²) in [4.78, 5) is 0. The SMILES string of the molecule is Cc1cc(C)c(C(N)Cc2ccc(I)cc2)c(C)c1. The maximum Gasteiger partial charge on any atom is 0.0341 e. The quantitative estimate of drug-likeness (QED) is 0.799. The minimum absolute atomic E-state index is 0.0701. The molecule has 2 aromatic rings. The summed E-state index contributed by atoms with van der Waals surface area (Å²) in [7, 11) is 0. The van der Waals surface area contributed by atoms with Gasteiger partial charge in [0.2, 0.25) is 0 Å². The van der Waals surface area contributed by atoms with E-state index in [4.69, 9.17) is 5.73 Å². The summed E-state index contributed by atoms with van der Waals surface area (Å²) in [6.07, 6.45) is 0.891. The predicted molar refractivity (Wildman–Crippen MR) is 90.4 cm³/mol. The van der Waals surface area contributed by atoms with E-state index in [9.17, 15) is 0 Å². The smallest absolute Gasteiger partial charge is 0.0341 e. The second-order valence-corrected chi connectivity index (χ2v) is 6.50. The molecular weight excluding hydrogens is 345 g/mol. The van der Waals surface area contributed by atoms with Crippen molar-refractivity contribution in [3.8, 4) is 0 Å². The highest BCUT2D eigenvalue weighted by Gasteiger charge is 2.13. The van der Waals surface area contributed by atoms with Crippen LogP contribution in [-0.2, 0) is 6.42 Å². The van der Waals surface area contributed by atoms with Gasteiger partial charge in [0.25, 0.3) is 0 Å². The third-order valence-corrected chi connectivity index (χ3v) is 4.20. The Balaban J connectivity index is 2.25. The summed E-state index contributed by atoms with van der Waals surface area (Å²) >= 11 is 2.32. The zero-order valence-corrected chi connectivity index (χ0v) is 13.9. The van der Waals surface area contributed by atoms with Gasteiger partial charge in [-0.15, -0.1) is 0 Å². The monoisotopic (exact) mass is 365 g/mol. The lowest BCUT2D eigenvalue weighted by molar-refractivity contribution is 0.710. The Morgan fingerprint density at radius 2 is 1.53 bits per heavy atom. The third kappa shape index (κ3) is 3.57. The van der Waals surface area contributed by atoms with Crippen LogP contribution in [0.15, 0.2) is 36.4 Å². The number of hydrogen-bond acceptors (Lipinski definition) is 1. The van der Waals surface area contributed by atoms with Gasteiger partial charge in [-0.05, 0) is 84.2 Å². The molecule has 0 saturated carbocycles. The van der Waals surface area contributed by atoms with E-state index < -0.39 is 0 Å². The van der Waals surface area contributed by atoms with E-state index in [1.807, 2.05) is 0 Å². The summed E-state index contributed by atoms with van der Waals surface area (Å²) < 4.78 is 1.26. The molecule has 0 bridgehead atoms. The van der Waals surface area contributed by atoms with E-state index in [-0.39, 0.29) is 6.04 Å². The fraction of sp³-hybridized carbons (Fsp3) is 0.294. The van der Waals surface area contributed by atoms with Crippen molar-refractivity contribution in [2.24, 2.45) is 5.73 Å². The summed E-state index contributed by atoms with van der Waals surface area (Å²) in [5, 5.41) is 0. The van der Waals surface area contributed by atoms with Gasteiger partial charge in [-0.2, -0.15) is 0 Å². The molecule has 1 unspecified atom stereocenters. The summed E-state index contributed by atoms with van der Waals surface area (Å²) in [5.74, 6) is 0. The van der Waals surface area contributed by atoms with Gasteiger partial charge in [-0.1, -0.05) is 29.8 Å². The molecule has 0 aromatic heterocycles. The van der Waals surface area contributed by atoms with Gasteiger partial charge in [0.05, 0.1) is 0 Å². The van der Waals surface area contributed by atoms with Gasteiger partial charge in [-0.3, -0.25) is 0 Å². The number of hydrogen-bond donors (Lipinski definition) is 1. The van der Waals surface area contributed by atoms with Gasteiger partial charge in [-0.25, -0.2) is 0 Å². The first-order valence-corrected chi connectivity index (χ1v) is 7.63. The summed E-state index contributed by atoms with van der Waals surface area (Å²) in [6.45, 7) is 6.45. The first-order valence-electron chi connectivity index (χ1n) is 6.55. The number of benzene rings is 2. The zero-order chi connectivity index (χ0) is 14.0. The highest BCUT2D eigenvalue weighted by Crippen LogP contribution is 2.25. The average molecular weight is 365 g/mol. The number of halogens is 1. The molecule has 0 aliphatic carbocycles. The fourth-order valence-corrected chi connectivity index (χ4v) is 3.11. The van der Waals surface area contributed by atoms with Crippen LogP contribution in [0, 0.1) is 24.3 Å². The molecule has 0 spiro atoms. The molecule has 1 atom stereocenters. The van der Waals surface area contributed by atoms with Crippen molar-refractivity contribution in [1.82, 2.24) is 0 Å². The van der Waals surface area contributed by atoms with Crippen LogP contribution in [0.4, 0.5) is 0 Å². The van der Waals surface area contributed by atoms with E-state index in [2.05, 4.69) is 79.8 Å². The lowest BCUT2D eigenvalue weighted by Crippen LogP contribution is -2.16. The van der Waals surface area contributed by atoms with Crippen molar-refractivity contribution in [3.63, 3.8) is 0 Å². The second kappa shape index (κ2) is 6.06. The van der Waals surface area contributed by atoms with Crippen LogP contribution >= 0.6 is 22.6 Å². The Labute approximate surface area is 129 Å². The van der Waals surface area contributed by atoms with Crippen molar-refractivity contribution in [2.75, 3.05) is 0 Å². The van der Waals surface area contributed by atoms with Gasteiger partial charge in [0.1, 0.15) is 0 Å². The number of nitrogens with two attached hydrogens (primary N) is 1. The highest BCUT2D eigenvalue weighted by atomic mass is 127. The Bertz CT molecular complexity index is 549. The average Bonchev–Trinajstić information content (AvgIpc) is 2.30. The maximum absolute atomic E-state index is 6.41. The summed E-state index contributed by atoms with van der Waals surface area (Å²) in [6, 6.07) is 13.1. The molecule has 100 valence electrons. The second-order valence-electron chi connectivity index (χ2n) is 5.25. The van der Waals surface area contributed by atoms with Crippen molar-refractivity contribution in [3.05, 3.63) is 67.8 Å². The first-order chi connectivity index (χ1) is 8.97. The number of aryl methyl sites for hydroxylation is 3. The van der Waals surface area contributed by atoms with E-state index in [0.29, 0.717) is 0 Å². The molecular formula is C17H20IN. The van der Waals surface area contributed by atoms with Gasteiger partial charge in [0, 0.05) is 9.61 Å². The Morgan fingerprint density at radius 3 is 2.05 bits per heavy atom. The van der Waals surface area contributed by atoms with E-state index in [1.54, 1.807) is 0 Å². The lowest BCUT2D eigenvalue weighted by atomic mass is 9.91. The van der Waals surface area contributed by atoms with E-state index >= 15 is 0 Å². The van der Waals surface area contributed by atoms with Crippen molar-refractivity contribution in [1.29, 1.82) is 0 Å². The maximum atomic E-state index is 6.41. The van der Waals surface area contributed by atoms with Gasteiger partial charge in [0.15, 0.2) is 0 Å². The molecule has 0 heterocycles. The fourth-order valence-electron chi connectivity index (χ4n) is 2.75. The van der Waals surface area contributed by atoms with Gasteiger partial charge >= 0.3 is 0 Å². The lowest BCUT2D eigenvalue weighted by Gasteiger charge is -2.18. The largest absolute Gasteiger partial charge is 0.324 e. The molecule has 2 N–H and O–H groups in total. The topological polar surface area (TPSA) is 26.0 Å². The zero-order valence-electron chi connectivity index (χ0n) is 11.7.